The minimum Gasteiger partial charge on any atom is -0.495 e. The fourth-order valence-corrected chi connectivity index (χ4v) is 2.63. The van der Waals surface area contributed by atoms with Gasteiger partial charge in [0.25, 0.3) is 5.91 Å². The number of H-pyrrole nitrogens is 1. The second-order valence-corrected chi connectivity index (χ2v) is 5.10. The highest BCUT2D eigenvalue weighted by Gasteiger charge is 2.26. The molecule has 1 aliphatic rings. The van der Waals surface area contributed by atoms with Gasteiger partial charge in [0.2, 0.25) is 0 Å². The number of aromatic amines is 1. The maximum absolute atomic E-state index is 12.4. The van der Waals surface area contributed by atoms with E-state index >= 15 is 0 Å². The van der Waals surface area contributed by atoms with Gasteiger partial charge >= 0.3 is 0 Å². The Bertz CT molecular complexity index is 787. The molecule has 5 heteroatoms. The molecule has 0 spiro atoms. The zero-order valence-electron chi connectivity index (χ0n) is 13.1. The van der Waals surface area contributed by atoms with E-state index in [2.05, 4.69) is 10.3 Å². The third kappa shape index (κ3) is 2.91. The van der Waals surface area contributed by atoms with Crippen molar-refractivity contribution in [2.45, 2.75) is 0 Å². The number of carbonyl (C=O) groups excluding carboxylic acids is 1. The Morgan fingerprint density at radius 3 is 2.87 bits per heavy atom. The van der Waals surface area contributed by atoms with Gasteiger partial charge in [-0.2, -0.15) is 0 Å². The largest absolute Gasteiger partial charge is 0.495 e. The number of nitrogens with one attached hydrogen (secondary N) is 2. The van der Waals surface area contributed by atoms with Gasteiger partial charge in [0.05, 0.1) is 25.0 Å². The number of carbonyl (C=O) groups is 1. The van der Waals surface area contributed by atoms with E-state index in [-0.39, 0.29) is 5.91 Å². The predicted octanol–water partition coefficient (Wildman–Crippen LogP) is 3.18. The summed E-state index contributed by atoms with van der Waals surface area (Å²) in [6, 6.07) is 7.62. The number of methoxy groups -OCH3 is 2. The first kappa shape index (κ1) is 15.1. The van der Waals surface area contributed by atoms with Crippen molar-refractivity contribution in [2.75, 3.05) is 26.1 Å². The van der Waals surface area contributed by atoms with Crippen LogP contribution in [-0.4, -0.2) is 31.7 Å². The van der Waals surface area contributed by atoms with Gasteiger partial charge in [0.15, 0.2) is 0 Å². The van der Waals surface area contributed by atoms with Crippen molar-refractivity contribution in [3.8, 4) is 5.75 Å². The molecule has 23 heavy (non-hydrogen) atoms. The Morgan fingerprint density at radius 2 is 2.09 bits per heavy atom. The lowest BCUT2D eigenvalue weighted by atomic mass is 9.99. The van der Waals surface area contributed by atoms with Gasteiger partial charge in [-0.3, -0.25) is 4.79 Å². The Labute approximate surface area is 134 Å². The lowest BCUT2D eigenvalue weighted by molar-refractivity contribution is -0.110. The summed E-state index contributed by atoms with van der Waals surface area (Å²) in [5.74, 6) is 0.579. The molecule has 0 bridgehead atoms. The normalized spacial score (nSPS) is 15.2. The first-order valence-electron chi connectivity index (χ1n) is 7.28. The highest BCUT2D eigenvalue weighted by Crippen LogP contribution is 2.37. The first-order valence-corrected chi connectivity index (χ1v) is 7.28. The van der Waals surface area contributed by atoms with Crippen molar-refractivity contribution in [1.82, 2.24) is 4.98 Å². The molecule has 0 aliphatic carbocycles. The molecule has 2 N–H and O–H groups in total. The van der Waals surface area contributed by atoms with E-state index in [1.54, 1.807) is 20.4 Å². The molecule has 0 unspecified atom stereocenters. The molecule has 0 radical (unpaired) electrons. The van der Waals surface area contributed by atoms with Gasteiger partial charge < -0.3 is 19.8 Å². The number of anilines is 1. The van der Waals surface area contributed by atoms with E-state index in [1.807, 2.05) is 42.5 Å². The number of benzene rings is 1. The smallest absolute Gasteiger partial charge is 0.256 e. The molecule has 118 valence electrons. The van der Waals surface area contributed by atoms with Gasteiger partial charge in [-0.25, -0.2) is 0 Å². The summed E-state index contributed by atoms with van der Waals surface area (Å²) in [7, 11) is 3.25. The molecule has 1 aromatic carbocycles. The number of ether oxygens (including phenoxy) is 2. The van der Waals surface area contributed by atoms with Gasteiger partial charge in [0.1, 0.15) is 5.75 Å². The molecular formula is C18H18N2O3. The van der Waals surface area contributed by atoms with E-state index in [9.17, 15) is 4.79 Å². The van der Waals surface area contributed by atoms with Gasteiger partial charge in [-0.1, -0.05) is 24.3 Å². The van der Waals surface area contributed by atoms with Crippen LogP contribution in [0, 0.1) is 0 Å². The van der Waals surface area contributed by atoms with E-state index in [0.29, 0.717) is 17.9 Å². The number of fused-ring (bicyclic) bond motifs is 1. The fourth-order valence-electron chi connectivity index (χ4n) is 2.63. The molecule has 3 rings (SSSR count). The van der Waals surface area contributed by atoms with Crippen LogP contribution in [-0.2, 0) is 9.53 Å². The van der Waals surface area contributed by atoms with E-state index in [4.69, 9.17) is 9.47 Å². The van der Waals surface area contributed by atoms with Crippen LogP contribution in [0.4, 0.5) is 5.69 Å². The summed E-state index contributed by atoms with van der Waals surface area (Å²) in [6.07, 6.45) is 7.48. The Hall–Kier alpha value is -2.79. The van der Waals surface area contributed by atoms with Crippen LogP contribution in [0.15, 0.2) is 36.5 Å². The standard InChI is InChI=1S/C18H18N2O3/c1-22-10-4-6-12-5-3-7-14-17(12)13(18(21)20-14)11-15-16(23-2)8-9-19-15/h3-9,11,19H,10H2,1-2H3,(H,20,21). The van der Waals surface area contributed by atoms with Crippen molar-refractivity contribution >= 4 is 29.3 Å². The Morgan fingerprint density at radius 1 is 1.22 bits per heavy atom. The minimum atomic E-state index is -0.121. The molecular weight excluding hydrogens is 292 g/mol. The van der Waals surface area contributed by atoms with Gasteiger partial charge in [0, 0.05) is 24.6 Å². The van der Waals surface area contributed by atoms with Crippen LogP contribution in [0.25, 0.3) is 17.7 Å². The van der Waals surface area contributed by atoms with Crippen molar-refractivity contribution in [1.29, 1.82) is 0 Å². The molecule has 5 nitrogen and oxygen atoms in total. The number of hydrogen-bond donors (Lipinski definition) is 2. The third-order valence-corrected chi connectivity index (χ3v) is 3.67. The molecule has 2 heterocycles. The molecule has 0 fully saturated rings. The first-order chi connectivity index (χ1) is 11.2. The second kappa shape index (κ2) is 6.54. The molecule has 1 amide bonds. The molecule has 0 saturated heterocycles. The summed E-state index contributed by atoms with van der Waals surface area (Å²) >= 11 is 0. The maximum atomic E-state index is 12.4. The molecule has 0 saturated carbocycles. The summed E-state index contributed by atoms with van der Waals surface area (Å²) < 4.78 is 10.3. The lowest BCUT2D eigenvalue weighted by Crippen LogP contribution is -2.03. The van der Waals surface area contributed by atoms with Crippen LogP contribution in [0.2, 0.25) is 0 Å². The van der Waals surface area contributed by atoms with Crippen molar-refractivity contribution in [3.05, 3.63) is 53.4 Å². The van der Waals surface area contributed by atoms with Crippen LogP contribution in [0.5, 0.6) is 5.75 Å². The van der Waals surface area contributed by atoms with Crippen molar-refractivity contribution in [2.24, 2.45) is 0 Å². The molecule has 0 atom stereocenters. The number of hydrogen-bond acceptors (Lipinski definition) is 3. The summed E-state index contributed by atoms with van der Waals surface area (Å²) in [5, 5.41) is 2.90. The number of rotatable bonds is 5. The van der Waals surface area contributed by atoms with E-state index in [0.717, 1.165) is 22.5 Å². The highest BCUT2D eigenvalue weighted by molar-refractivity contribution is 6.35. The maximum Gasteiger partial charge on any atom is 0.256 e. The van der Waals surface area contributed by atoms with Crippen LogP contribution in [0.3, 0.4) is 0 Å². The molecule has 1 aromatic heterocycles. The van der Waals surface area contributed by atoms with Crippen LogP contribution in [0.1, 0.15) is 16.8 Å². The monoisotopic (exact) mass is 310 g/mol. The fraction of sp³-hybridized carbons (Fsp3) is 0.167. The third-order valence-electron chi connectivity index (χ3n) is 3.67. The number of amides is 1. The zero-order valence-corrected chi connectivity index (χ0v) is 13.1. The second-order valence-electron chi connectivity index (χ2n) is 5.10. The summed E-state index contributed by atoms with van der Waals surface area (Å²) in [6.45, 7) is 0.522. The summed E-state index contributed by atoms with van der Waals surface area (Å²) in [4.78, 5) is 15.4. The van der Waals surface area contributed by atoms with E-state index < -0.39 is 0 Å². The van der Waals surface area contributed by atoms with Crippen LogP contribution >= 0.6 is 0 Å². The quantitative estimate of drug-likeness (QED) is 0.834. The summed E-state index contributed by atoms with van der Waals surface area (Å²) in [5.41, 5.74) is 4.04. The highest BCUT2D eigenvalue weighted by atomic mass is 16.5. The van der Waals surface area contributed by atoms with E-state index in [1.165, 1.54) is 0 Å². The van der Waals surface area contributed by atoms with Gasteiger partial charge in [-0.05, 0) is 23.8 Å². The zero-order chi connectivity index (χ0) is 16.2. The minimum absolute atomic E-state index is 0.121. The van der Waals surface area contributed by atoms with Crippen molar-refractivity contribution < 1.29 is 14.3 Å². The Balaban J connectivity index is 2.07. The lowest BCUT2D eigenvalue weighted by Gasteiger charge is -2.04. The molecule has 2 aromatic rings. The molecule has 1 aliphatic heterocycles. The topological polar surface area (TPSA) is 63.4 Å². The predicted molar refractivity (Wildman–Crippen MR) is 91.2 cm³/mol. The Kier molecular flexibility index (Phi) is 4.30. The average molecular weight is 310 g/mol. The number of aromatic nitrogens is 1. The van der Waals surface area contributed by atoms with Gasteiger partial charge in [-0.15, -0.1) is 0 Å². The SMILES string of the molecule is COCC=Cc1cccc2c1C(=Cc1[nH]ccc1OC)C(=O)N2. The van der Waals surface area contributed by atoms with Crippen LogP contribution < -0.4 is 10.1 Å². The average Bonchev–Trinajstić information content (AvgIpc) is 3.13. The van der Waals surface area contributed by atoms with Crippen molar-refractivity contribution in [3.63, 3.8) is 0 Å².